The third-order valence-electron chi connectivity index (χ3n) is 1.19. The minimum absolute atomic E-state index is 0.0644. The van der Waals surface area contributed by atoms with Gasteiger partial charge in [0.15, 0.2) is 0 Å². The highest BCUT2D eigenvalue weighted by Gasteiger charge is 2.11. The van der Waals surface area contributed by atoms with Crippen LogP contribution in [0.4, 0.5) is 0 Å². The van der Waals surface area contributed by atoms with Gasteiger partial charge >= 0.3 is 11.8 Å². The van der Waals surface area contributed by atoms with E-state index in [1.807, 2.05) is 0 Å². The predicted octanol–water partition coefficient (Wildman–Crippen LogP) is -2.44. The molecule has 0 aliphatic heterocycles. The Labute approximate surface area is 76.5 Å². The second-order valence-corrected chi connectivity index (χ2v) is 2.60. The molecule has 76 valence electrons. The molecular weight excluding hydrogens is 174 g/mol. The lowest BCUT2D eigenvalue weighted by Crippen LogP contribution is -2.43. The van der Waals surface area contributed by atoms with Gasteiger partial charge in [-0.1, -0.05) is 0 Å². The Hall–Kier alpha value is -1.14. The molecule has 2 amide bonds. The van der Waals surface area contributed by atoms with Gasteiger partial charge in [-0.05, 0) is 6.92 Å². The summed E-state index contributed by atoms with van der Waals surface area (Å²) in [5, 5.41) is 13.3. The third-order valence-corrected chi connectivity index (χ3v) is 1.19. The van der Waals surface area contributed by atoms with Gasteiger partial charge in [-0.25, -0.2) is 0 Å². The zero-order chi connectivity index (χ0) is 10.3. The number of carbonyl (C=O) groups is 2. The van der Waals surface area contributed by atoms with Crippen LogP contribution in [0.25, 0.3) is 0 Å². The largest absolute Gasteiger partial charge is 0.392 e. The van der Waals surface area contributed by atoms with Crippen LogP contribution in [0, 0.1) is 0 Å². The molecule has 0 aromatic heterocycles. The summed E-state index contributed by atoms with van der Waals surface area (Å²) in [7, 11) is 0. The molecule has 6 heteroatoms. The van der Waals surface area contributed by atoms with Crippen LogP contribution in [-0.4, -0.2) is 42.7 Å². The first-order chi connectivity index (χ1) is 6.07. The normalized spacial score (nSPS) is 11.9. The zero-order valence-corrected chi connectivity index (χ0v) is 7.54. The maximum Gasteiger partial charge on any atom is 0.309 e. The summed E-state index contributed by atoms with van der Waals surface area (Å²) in [6, 6.07) is 0. The van der Waals surface area contributed by atoms with Crippen LogP contribution in [0.1, 0.15) is 6.92 Å². The Morgan fingerprint density at radius 1 is 1.38 bits per heavy atom. The average molecular weight is 189 g/mol. The molecule has 1 atom stereocenters. The minimum Gasteiger partial charge on any atom is -0.392 e. The van der Waals surface area contributed by atoms with Crippen molar-refractivity contribution in [3.05, 3.63) is 0 Å². The second-order valence-electron chi connectivity index (χ2n) is 2.60. The molecule has 5 N–H and O–H groups in total. The number of carbonyl (C=O) groups excluding carboxylic acids is 2. The van der Waals surface area contributed by atoms with Crippen molar-refractivity contribution < 1.29 is 14.7 Å². The number of hydrogen-bond acceptors (Lipinski definition) is 4. The fraction of sp³-hybridized carbons (Fsp3) is 0.714. The van der Waals surface area contributed by atoms with Crippen molar-refractivity contribution in [2.45, 2.75) is 13.0 Å². The molecule has 0 heterocycles. The molecule has 0 spiro atoms. The van der Waals surface area contributed by atoms with E-state index in [-0.39, 0.29) is 19.6 Å². The first-order valence-electron chi connectivity index (χ1n) is 4.02. The summed E-state index contributed by atoms with van der Waals surface area (Å²) in [6.45, 7) is 2.13. The summed E-state index contributed by atoms with van der Waals surface area (Å²) >= 11 is 0. The third kappa shape index (κ3) is 6.06. The fourth-order valence-electron chi connectivity index (χ4n) is 0.587. The van der Waals surface area contributed by atoms with E-state index in [9.17, 15) is 9.59 Å². The minimum atomic E-state index is -0.755. The van der Waals surface area contributed by atoms with Crippen molar-refractivity contribution in [1.29, 1.82) is 0 Å². The molecule has 0 aliphatic rings. The number of rotatable bonds is 4. The molecule has 0 radical (unpaired) electrons. The standard InChI is InChI=1S/C7H15N3O3/c1-5(11)4-10-7(13)6(12)9-3-2-8/h5,11H,2-4,8H2,1H3,(H,9,12)(H,10,13)/t5-/m0/s1. The van der Waals surface area contributed by atoms with Crippen LogP contribution < -0.4 is 16.4 Å². The van der Waals surface area contributed by atoms with E-state index in [0.29, 0.717) is 0 Å². The van der Waals surface area contributed by atoms with Crippen molar-refractivity contribution >= 4 is 11.8 Å². The van der Waals surface area contributed by atoms with Crippen LogP contribution in [0.5, 0.6) is 0 Å². The van der Waals surface area contributed by atoms with E-state index in [1.165, 1.54) is 6.92 Å². The van der Waals surface area contributed by atoms with Gasteiger partial charge in [0, 0.05) is 19.6 Å². The van der Waals surface area contributed by atoms with Crippen LogP contribution in [-0.2, 0) is 9.59 Å². The summed E-state index contributed by atoms with van der Waals surface area (Å²) in [6.07, 6.45) is -0.661. The van der Waals surface area contributed by atoms with E-state index in [2.05, 4.69) is 10.6 Å². The molecule has 0 aromatic carbocycles. The maximum absolute atomic E-state index is 10.9. The van der Waals surface area contributed by atoms with Crippen molar-refractivity contribution in [2.75, 3.05) is 19.6 Å². The van der Waals surface area contributed by atoms with Gasteiger partial charge < -0.3 is 21.5 Å². The number of aliphatic hydroxyl groups is 1. The van der Waals surface area contributed by atoms with Gasteiger partial charge in [0.25, 0.3) is 0 Å². The smallest absolute Gasteiger partial charge is 0.309 e. The molecular formula is C7H15N3O3. The van der Waals surface area contributed by atoms with Gasteiger partial charge in [-0.2, -0.15) is 0 Å². The molecule has 0 bridgehead atoms. The molecule has 0 aliphatic carbocycles. The van der Waals surface area contributed by atoms with Crippen molar-refractivity contribution in [2.24, 2.45) is 5.73 Å². The summed E-state index contributed by atoms with van der Waals surface area (Å²) in [5.41, 5.74) is 5.11. The van der Waals surface area contributed by atoms with Crippen LogP contribution in [0.15, 0.2) is 0 Å². The first kappa shape index (κ1) is 11.9. The number of amides is 2. The number of aliphatic hydroxyl groups excluding tert-OH is 1. The maximum atomic E-state index is 10.9. The molecule has 13 heavy (non-hydrogen) atoms. The topological polar surface area (TPSA) is 104 Å². The molecule has 0 saturated heterocycles. The molecule has 0 unspecified atom stereocenters. The summed E-state index contributed by atoms with van der Waals surface area (Å²) in [5.74, 6) is -1.49. The molecule has 0 rings (SSSR count). The molecule has 0 saturated carbocycles. The van der Waals surface area contributed by atoms with Gasteiger partial charge in [-0.15, -0.1) is 0 Å². The Kier molecular flexibility index (Phi) is 5.82. The summed E-state index contributed by atoms with van der Waals surface area (Å²) < 4.78 is 0. The predicted molar refractivity (Wildman–Crippen MR) is 46.8 cm³/mol. The number of hydrogen-bond donors (Lipinski definition) is 4. The highest BCUT2D eigenvalue weighted by molar-refractivity contribution is 6.35. The fourth-order valence-corrected chi connectivity index (χ4v) is 0.587. The van der Waals surface area contributed by atoms with Gasteiger partial charge in [-0.3, -0.25) is 9.59 Å². The van der Waals surface area contributed by atoms with E-state index in [0.717, 1.165) is 0 Å². The van der Waals surface area contributed by atoms with Gasteiger partial charge in [0.1, 0.15) is 0 Å². The number of nitrogens with one attached hydrogen (secondary N) is 2. The van der Waals surface area contributed by atoms with Crippen LogP contribution >= 0.6 is 0 Å². The Morgan fingerprint density at radius 2 is 1.92 bits per heavy atom. The lowest BCUT2D eigenvalue weighted by atomic mass is 10.4. The van der Waals surface area contributed by atoms with Crippen molar-refractivity contribution in [3.63, 3.8) is 0 Å². The lowest BCUT2D eigenvalue weighted by Gasteiger charge is -2.06. The molecule has 6 nitrogen and oxygen atoms in total. The Morgan fingerprint density at radius 3 is 2.38 bits per heavy atom. The monoisotopic (exact) mass is 189 g/mol. The summed E-state index contributed by atoms with van der Waals surface area (Å²) in [4.78, 5) is 21.7. The van der Waals surface area contributed by atoms with Gasteiger partial charge in [0.05, 0.1) is 6.10 Å². The molecule has 0 fully saturated rings. The Bertz CT molecular complexity index is 182. The second kappa shape index (κ2) is 6.38. The number of nitrogens with two attached hydrogens (primary N) is 1. The van der Waals surface area contributed by atoms with E-state index in [4.69, 9.17) is 10.8 Å². The lowest BCUT2D eigenvalue weighted by molar-refractivity contribution is -0.139. The highest BCUT2D eigenvalue weighted by atomic mass is 16.3. The zero-order valence-electron chi connectivity index (χ0n) is 7.54. The highest BCUT2D eigenvalue weighted by Crippen LogP contribution is 1.75. The van der Waals surface area contributed by atoms with Gasteiger partial charge in [0.2, 0.25) is 0 Å². The average Bonchev–Trinajstić information content (AvgIpc) is 2.10. The van der Waals surface area contributed by atoms with E-state index in [1.54, 1.807) is 0 Å². The quantitative estimate of drug-likeness (QED) is 0.369. The SMILES string of the molecule is C[C@H](O)CNC(=O)C(=O)NCCN. The Balaban J connectivity index is 3.64. The van der Waals surface area contributed by atoms with Crippen LogP contribution in [0.3, 0.4) is 0 Å². The van der Waals surface area contributed by atoms with E-state index < -0.39 is 17.9 Å². The molecule has 0 aromatic rings. The van der Waals surface area contributed by atoms with Crippen LogP contribution in [0.2, 0.25) is 0 Å². The van der Waals surface area contributed by atoms with Crippen molar-refractivity contribution in [1.82, 2.24) is 10.6 Å². The van der Waals surface area contributed by atoms with E-state index >= 15 is 0 Å². The first-order valence-corrected chi connectivity index (χ1v) is 4.02. The van der Waals surface area contributed by atoms with Crippen molar-refractivity contribution in [3.8, 4) is 0 Å².